The van der Waals surface area contributed by atoms with Crippen LogP contribution in [0.15, 0.2) is 22.7 Å². The molecule has 2 aliphatic rings. The summed E-state index contributed by atoms with van der Waals surface area (Å²) in [6.45, 7) is 2.71. The van der Waals surface area contributed by atoms with Crippen LogP contribution in [0, 0.1) is 6.92 Å². The zero-order chi connectivity index (χ0) is 15.6. The Morgan fingerprint density at radius 3 is 2.83 bits per heavy atom. The summed E-state index contributed by atoms with van der Waals surface area (Å²) < 4.78 is 12.1. The molecule has 3 aromatic rings. The van der Waals surface area contributed by atoms with Crippen molar-refractivity contribution in [3.05, 3.63) is 35.0 Å². The molecule has 1 fully saturated rings. The van der Waals surface area contributed by atoms with Crippen molar-refractivity contribution in [3.63, 3.8) is 0 Å². The molecule has 0 saturated heterocycles. The first-order valence-corrected chi connectivity index (χ1v) is 8.16. The van der Waals surface area contributed by atoms with Gasteiger partial charge in [0.15, 0.2) is 11.9 Å². The van der Waals surface area contributed by atoms with Gasteiger partial charge in [-0.15, -0.1) is 0 Å². The fraction of sp³-hybridized carbons (Fsp3) is 0.368. The lowest BCUT2D eigenvalue weighted by atomic mass is 9.81. The summed E-state index contributed by atoms with van der Waals surface area (Å²) in [7, 11) is 0. The second kappa shape index (κ2) is 4.34. The predicted octanol–water partition coefficient (Wildman–Crippen LogP) is 4.31. The first-order chi connectivity index (χ1) is 11.2. The maximum absolute atomic E-state index is 11.4. The molecule has 4 nitrogen and oxygen atoms in total. The summed E-state index contributed by atoms with van der Waals surface area (Å²) in [6, 6.07) is 3.91. The van der Waals surface area contributed by atoms with E-state index in [1.54, 1.807) is 0 Å². The Hall–Kier alpha value is -2.36. The zero-order valence-corrected chi connectivity index (χ0v) is 13.0. The lowest BCUT2D eigenvalue weighted by molar-refractivity contribution is 0.112. The van der Waals surface area contributed by atoms with Crippen LogP contribution in [0.4, 0.5) is 0 Å². The molecular formula is C19H17NO3. The molecular weight excluding hydrogens is 290 g/mol. The molecule has 0 N–H and O–H groups in total. The van der Waals surface area contributed by atoms with Crippen LogP contribution in [0.25, 0.3) is 22.1 Å². The van der Waals surface area contributed by atoms with Crippen molar-refractivity contribution in [2.45, 2.75) is 38.0 Å². The average Bonchev–Trinajstić information content (AvgIpc) is 3.25. The van der Waals surface area contributed by atoms with Crippen LogP contribution >= 0.6 is 0 Å². The summed E-state index contributed by atoms with van der Waals surface area (Å²) >= 11 is 0. The van der Waals surface area contributed by atoms with Gasteiger partial charge in [0.05, 0.1) is 23.9 Å². The second-order valence-corrected chi connectivity index (χ2v) is 6.90. The molecule has 4 heteroatoms. The molecule has 1 saturated carbocycles. The first kappa shape index (κ1) is 13.1. The molecule has 1 aliphatic carbocycles. The molecule has 3 heterocycles. The summed E-state index contributed by atoms with van der Waals surface area (Å²) in [5.74, 6) is 0.850. The van der Waals surface area contributed by atoms with Gasteiger partial charge in [-0.05, 0) is 37.5 Å². The van der Waals surface area contributed by atoms with Crippen molar-refractivity contribution < 1.29 is 13.9 Å². The number of furan rings is 1. The van der Waals surface area contributed by atoms with Gasteiger partial charge >= 0.3 is 0 Å². The van der Waals surface area contributed by atoms with Gasteiger partial charge in [-0.1, -0.05) is 12.8 Å². The number of carbonyl (C=O) groups excluding carboxylic acids is 1. The van der Waals surface area contributed by atoms with Crippen molar-refractivity contribution in [2.75, 3.05) is 6.61 Å². The Kier molecular flexibility index (Phi) is 2.48. The maximum Gasteiger partial charge on any atom is 0.161 e. The van der Waals surface area contributed by atoms with E-state index < -0.39 is 0 Å². The summed E-state index contributed by atoms with van der Waals surface area (Å²) in [4.78, 5) is 16.0. The zero-order valence-electron chi connectivity index (χ0n) is 13.0. The number of carbonyl (C=O) groups is 1. The minimum atomic E-state index is 0.0702. The number of hydrogen-bond donors (Lipinski definition) is 0. The average molecular weight is 307 g/mol. The molecule has 0 bridgehead atoms. The van der Waals surface area contributed by atoms with Crippen LogP contribution < -0.4 is 4.74 Å². The molecule has 116 valence electrons. The first-order valence-electron chi connectivity index (χ1n) is 8.16. The number of rotatable bonds is 1. The fourth-order valence-corrected chi connectivity index (χ4v) is 4.39. The highest BCUT2D eigenvalue weighted by atomic mass is 16.5. The number of benzene rings is 1. The number of ether oxygens (including phenoxy) is 1. The van der Waals surface area contributed by atoms with Gasteiger partial charge in [0, 0.05) is 10.8 Å². The standard InChI is InChI=1S/C19H17NO3/c1-11-6-12(9-21)17-13(7-11)16-18(23-17)15-14(8-20-16)22-10-19(15)4-2-3-5-19/h6-9H,2-5,10H2,1H3. The normalized spacial score (nSPS) is 18.7. The molecule has 0 atom stereocenters. The predicted molar refractivity (Wildman–Crippen MR) is 87.3 cm³/mol. The van der Waals surface area contributed by atoms with Crippen LogP contribution in [-0.2, 0) is 5.41 Å². The van der Waals surface area contributed by atoms with E-state index in [-0.39, 0.29) is 5.41 Å². The van der Waals surface area contributed by atoms with Crippen molar-refractivity contribution in [2.24, 2.45) is 0 Å². The maximum atomic E-state index is 11.4. The van der Waals surface area contributed by atoms with Crippen molar-refractivity contribution in [3.8, 4) is 5.75 Å². The van der Waals surface area contributed by atoms with Crippen molar-refractivity contribution >= 4 is 28.4 Å². The number of nitrogens with zero attached hydrogens (tertiary/aromatic N) is 1. The highest BCUT2D eigenvalue weighted by Crippen LogP contribution is 2.52. The Labute approximate surface area is 133 Å². The van der Waals surface area contributed by atoms with E-state index in [1.807, 2.05) is 25.3 Å². The van der Waals surface area contributed by atoms with Gasteiger partial charge in [0.2, 0.25) is 0 Å². The third-order valence-electron chi connectivity index (χ3n) is 5.44. The molecule has 0 unspecified atom stereocenters. The van der Waals surface area contributed by atoms with Crippen LogP contribution in [0.5, 0.6) is 5.75 Å². The van der Waals surface area contributed by atoms with E-state index in [9.17, 15) is 4.79 Å². The number of aromatic nitrogens is 1. The highest BCUT2D eigenvalue weighted by molar-refractivity contribution is 6.09. The van der Waals surface area contributed by atoms with Gasteiger partial charge < -0.3 is 9.15 Å². The third-order valence-corrected chi connectivity index (χ3v) is 5.44. The number of fused-ring (bicyclic) bond motifs is 6. The number of hydrogen-bond acceptors (Lipinski definition) is 4. The number of aldehydes is 1. The molecule has 0 radical (unpaired) electrons. The van der Waals surface area contributed by atoms with Crippen LogP contribution in [0.3, 0.4) is 0 Å². The van der Waals surface area contributed by atoms with Gasteiger partial charge in [-0.2, -0.15) is 0 Å². The SMILES string of the molecule is Cc1cc(C=O)c2oc3c4c(cnc3c2c1)OCC41CCCC1. The van der Waals surface area contributed by atoms with Crippen LogP contribution in [0.1, 0.15) is 47.2 Å². The quantitative estimate of drug-likeness (QED) is 0.629. The Balaban J connectivity index is 1.92. The van der Waals surface area contributed by atoms with Crippen molar-refractivity contribution in [1.82, 2.24) is 4.98 Å². The molecule has 5 rings (SSSR count). The largest absolute Gasteiger partial charge is 0.491 e. The van der Waals surface area contributed by atoms with E-state index in [0.29, 0.717) is 11.1 Å². The molecule has 1 spiro atoms. The number of pyridine rings is 1. The Bertz CT molecular complexity index is 964. The minimum Gasteiger partial charge on any atom is -0.491 e. The number of aryl methyl sites for hydroxylation is 1. The lowest BCUT2D eigenvalue weighted by Crippen LogP contribution is -2.23. The molecule has 0 amide bonds. The Morgan fingerprint density at radius 1 is 1.22 bits per heavy atom. The van der Waals surface area contributed by atoms with Crippen LogP contribution in [0.2, 0.25) is 0 Å². The summed E-state index contributed by atoms with van der Waals surface area (Å²) in [6.07, 6.45) is 7.41. The van der Waals surface area contributed by atoms with Gasteiger partial charge in [0.1, 0.15) is 16.8 Å². The summed E-state index contributed by atoms with van der Waals surface area (Å²) in [5, 5.41) is 0.921. The van der Waals surface area contributed by atoms with E-state index in [2.05, 4.69) is 4.98 Å². The topological polar surface area (TPSA) is 52.3 Å². The van der Waals surface area contributed by atoms with E-state index in [0.717, 1.165) is 53.5 Å². The van der Waals surface area contributed by atoms with Gasteiger partial charge in [-0.3, -0.25) is 4.79 Å². The van der Waals surface area contributed by atoms with Gasteiger partial charge in [-0.25, -0.2) is 4.98 Å². The van der Waals surface area contributed by atoms with Crippen LogP contribution in [-0.4, -0.2) is 17.9 Å². The third kappa shape index (κ3) is 1.61. The Morgan fingerprint density at radius 2 is 2.04 bits per heavy atom. The monoisotopic (exact) mass is 307 g/mol. The smallest absolute Gasteiger partial charge is 0.161 e. The lowest BCUT2D eigenvalue weighted by Gasteiger charge is -2.20. The van der Waals surface area contributed by atoms with E-state index in [4.69, 9.17) is 9.15 Å². The fourth-order valence-electron chi connectivity index (χ4n) is 4.39. The van der Waals surface area contributed by atoms with E-state index in [1.165, 1.54) is 18.4 Å². The molecule has 23 heavy (non-hydrogen) atoms. The molecule has 2 aromatic heterocycles. The van der Waals surface area contributed by atoms with E-state index >= 15 is 0 Å². The molecule has 1 aliphatic heterocycles. The molecule has 1 aromatic carbocycles. The van der Waals surface area contributed by atoms with Crippen molar-refractivity contribution in [1.29, 1.82) is 0 Å². The second-order valence-electron chi connectivity index (χ2n) is 6.90. The minimum absolute atomic E-state index is 0.0702. The summed E-state index contributed by atoms with van der Waals surface area (Å²) in [5.41, 5.74) is 5.17. The van der Waals surface area contributed by atoms with Gasteiger partial charge in [0.25, 0.3) is 0 Å². The highest BCUT2D eigenvalue weighted by Gasteiger charge is 2.45.